The van der Waals surface area contributed by atoms with Crippen LogP contribution >= 0.6 is 0 Å². The SMILES string of the molecule is OC(O)(O)[C@@]1(O)CCCN1. The Labute approximate surface area is 57.9 Å². The first-order chi connectivity index (χ1) is 4.46. The molecule has 5 heteroatoms. The maximum atomic E-state index is 9.17. The Morgan fingerprint density at radius 1 is 1.30 bits per heavy atom. The van der Waals surface area contributed by atoms with E-state index in [0.717, 1.165) is 0 Å². The summed E-state index contributed by atoms with van der Waals surface area (Å²) in [6, 6.07) is 0. The Kier molecular flexibility index (Phi) is 1.69. The zero-order valence-electron chi connectivity index (χ0n) is 5.41. The van der Waals surface area contributed by atoms with Gasteiger partial charge in [-0.15, -0.1) is 0 Å². The van der Waals surface area contributed by atoms with Crippen LogP contribution in [0.15, 0.2) is 0 Å². The fourth-order valence-corrected chi connectivity index (χ4v) is 1.01. The van der Waals surface area contributed by atoms with Gasteiger partial charge in [0.1, 0.15) is 0 Å². The van der Waals surface area contributed by atoms with Crippen molar-refractivity contribution in [1.82, 2.24) is 5.32 Å². The van der Waals surface area contributed by atoms with Crippen LogP contribution in [0.2, 0.25) is 0 Å². The van der Waals surface area contributed by atoms with Crippen LogP contribution in [0.3, 0.4) is 0 Å². The van der Waals surface area contributed by atoms with Gasteiger partial charge in [0.15, 0.2) is 5.72 Å². The quantitative estimate of drug-likeness (QED) is 0.270. The monoisotopic (exact) mass is 149 g/mol. The normalized spacial score (nSPS) is 34.8. The lowest BCUT2D eigenvalue weighted by Crippen LogP contribution is -2.60. The van der Waals surface area contributed by atoms with E-state index in [1.165, 1.54) is 0 Å². The number of hydrogen-bond acceptors (Lipinski definition) is 5. The predicted molar refractivity (Wildman–Crippen MR) is 31.6 cm³/mol. The van der Waals surface area contributed by atoms with Crippen LogP contribution in [-0.2, 0) is 0 Å². The number of hydrogen-bond donors (Lipinski definition) is 5. The van der Waals surface area contributed by atoms with E-state index in [-0.39, 0.29) is 6.42 Å². The molecule has 0 saturated carbocycles. The molecule has 1 saturated heterocycles. The third-order valence-electron chi connectivity index (χ3n) is 1.69. The van der Waals surface area contributed by atoms with E-state index in [9.17, 15) is 0 Å². The van der Waals surface area contributed by atoms with Crippen LogP contribution in [0.25, 0.3) is 0 Å². The average molecular weight is 149 g/mol. The Hall–Kier alpha value is -0.200. The maximum Gasteiger partial charge on any atom is 0.320 e. The molecule has 0 aromatic rings. The summed E-state index contributed by atoms with van der Waals surface area (Å²) in [5.41, 5.74) is -1.95. The molecule has 0 bridgehead atoms. The lowest BCUT2D eigenvalue weighted by atomic mass is 10.1. The highest BCUT2D eigenvalue weighted by atomic mass is 16.7. The van der Waals surface area contributed by atoms with Crippen LogP contribution in [0.4, 0.5) is 0 Å². The van der Waals surface area contributed by atoms with E-state index >= 15 is 0 Å². The zero-order chi connectivity index (χ0) is 7.83. The largest absolute Gasteiger partial charge is 0.368 e. The second-order valence-electron chi connectivity index (χ2n) is 2.53. The Balaban J connectivity index is 2.67. The molecular weight excluding hydrogens is 138 g/mol. The predicted octanol–water partition coefficient (Wildman–Crippen LogP) is -2.31. The van der Waals surface area contributed by atoms with Crippen LogP contribution < -0.4 is 5.32 Å². The molecular formula is C5H11NO4. The molecule has 1 atom stereocenters. The molecule has 0 aromatic heterocycles. The smallest absolute Gasteiger partial charge is 0.320 e. The number of nitrogens with one attached hydrogen (secondary N) is 1. The molecule has 0 spiro atoms. The second-order valence-corrected chi connectivity index (χ2v) is 2.53. The van der Waals surface area contributed by atoms with E-state index in [4.69, 9.17) is 20.4 Å². The Morgan fingerprint density at radius 3 is 2.10 bits per heavy atom. The van der Waals surface area contributed by atoms with E-state index < -0.39 is 11.7 Å². The molecule has 10 heavy (non-hydrogen) atoms. The van der Waals surface area contributed by atoms with Gasteiger partial charge in [0.25, 0.3) is 0 Å². The van der Waals surface area contributed by atoms with Crippen molar-refractivity contribution in [3.8, 4) is 0 Å². The summed E-state index contributed by atoms with van der Waals surface area (Å²) in [7, 11) is 0. The van der Waals surface area contributed by atoms with Gasteiger partial charge < -0.3 is 20.4 Å². The van der Waals surface area contributed by atoms with Crippen LogP contribution in [0, 0.1) is 0 Å². The highest BCUT2D eigenvalue weighted by Gasteiger charge is 2.49. The molecule has 1 aliphatic rings. The first-order valence-electron chi connectivity index (χ1n) is 3.10. The van der Waals surface area contributed by atoms with Gasteiger partial charge in [-0.25, -0.2) is 0 Å². The van der Waals surface area contributed by atoms with E-state index in [1.54, 1.807) is 0 Å². The molecule has 5 nitrogen and oxygen atoms in total. The molecule has 0 radical (unpaired) electrons. The molecule has 5 N–H and O–H groups in total. The van der Waals surface area contributed by atoms with Crippen molar-refractivity contribution in [2.24, 2.45) is 0 Å². The van der Waals surface area contributed by atoms with Crippen molar-refractivity contribution in [1.29, 1.82) is 0 Å². The van der Waals surface area contributed by atoms with Gasteiger partial charge in [0.2, 0.25) is 0 Å². The molecule has 1 heterocycles. The first kappa shape index (κ1) is 7.90. The standard InChI is InChI=1S/C5H11NO4/c7-4(5(8,9)10)2-1-3-6-4/h6-10H,1-3H2/t4-/m0/s1. The number of aliphatic hydroxyl groups is 4. The van der Waals surface area contributed by atoms with Crippen molar-refractivity contribution >= 4 is 0 Å². The summed E-state index contributed by atoms with van der Waals surface area (Å²) in [6.45, 7) is 0.472. The summed E-state index contributed by atoms with van der Waals surface area (Å²) in [5.74, 6) is -3.04. The van der Waals surface area contributed by atoms with Crippen molar-refractivity contribution in [2.45, 2.75) is 24.5 Å². The van der Waals surface area contributed by atoms with E-state index in [0.29, 0.717) is 13.0 Å². The van der Waals surface area contributed by atoms with Gasteiger partial charge in [-0.2, -0.15) is 0 Å². The van der Waals surface area contributed by atoms with Gasteiger partial charge in [0.05, 0.1) is 0 Å². The molecule has 1 rings (SSSR count). The Bertz CT molecular complexity index is 124. The summed E-state index contributed by atoms with van der Waals surface area (Å²) >= 11 is 0. The molecule has 0 aliphatic carbocycles. The van der Waals surface area contributed by atoms with Crippen molar-refractivity contribution in [2.75, 3.05) is 6.54 Å². The minimum atomic E-state index is -3.04. The molecule has 0 aromatic carbocycles. The van der Waals surface area contributed by atoms with Crippen molar-refractivity contribution in [3.63, 3.8) is 0 Å². The van der Waals surface area contributed by atoms with Gasteiger partial charge in [0, 0.05) is 0 Å². The second kappa shape index (κ2) is 2.14. The summed E-state index contributed by atoms with van der Waals surface area (Å²) < 4.78 is 0. The zero-order valence-corrected chi connectivity index (χ0v) is 5.41. The third-order valence-corrected chi connectivity index (χ3v) is 1.69. The van der Waals surface area contributed by atoms with Crippen LogP contribution in [0.1, 0.15) is 12.8 Å². The highest BCUT2D eigenvalue weighted by molar-refractivity contribution is 4.87. The van der Waals surface area contributed by atoms with E-state index in [1.807, 2.05) is 0 Å². The fraction of sp³-hybridized carbons (Fsp3) is 1.00. The fourth-order valence-electron chi connectivity index (χ4n) is 1.01. The molecule has 1 aliphatic heterocycles. The van der Waals surface area contributed by atoms with Crippen LogP contribution in [0.5, 0.6) is 0 Å². The van der Waals surface area contributed by atoms with Gasteiger partial charge in [-0.1, -0.05) is 0 Å². The summed E-state index contributed by atoms with van der Waals surface area (Å²) in [4.78, 5) is 0. The van der Waals surface area contributed by atoms with Crippen molar-refractivity contribution < 1.29 is 20.4 Å². The van der Waals surface area contributed by atoms with Gasteiger partial charge >= 0.3 is 5.97 Å². The Morgan fingerprint density at radius 2 is 1.90 bits per heavy atom. The molecule has 60 valence electrons. The lowest BCUT2D eigenvalue weighted by Gasteiger charge is -2.31. The van der Waals surface area contributed by atoms with Crippen LogP contribution in [-0.4, -0.2) is 38.7 Å². The number of rotatable bonds is 1. The first-order valence-corrected chi connectivity index (χ1v) is 3.10. The average Bonchev–Trinajstić information content (AvgIpc) is 2.13. The summed E-state index contributed by atoms with van der Waals surface area (Å²) in [6.07, 6.45) is 0.746. The molecule has 0 unspecified atom stereocenters. The van der Waals surface area contributed by atoms with E-state index in [2.05, 4.69) is 5.32 Å². The molecule has 1 fully saturated rings. The van der Waals surface area contributed by atoms with Crippen molar-refractivity contribution in [3.05, 3.63) is 0 Å². The minimum Gasteiger partial charge on any atom is -0.368 e. The topological polar surface area (TPSA) is 93.0 Å². The van der Waals surface area contributed by atoms with Gasteiger partial charge in [-0.05, 0) is 19.4 Å². The lowest BCUT2D eigenvalue weighted by molar-refractivity contribution is -0.395. The summed E-state index contributed by atoms with van der Waals surface area (Å²) in [5, 5.41) is 37.3. The third kappa shape index (κ3) is 1.14. The maximum absolute atomic E-state index is 9.17. The molecule has 0 amide bonds. The van der Waals surface area contributed by atoms with Gasteiger partial charge in [-0.3, -0.25) is 5.32 Å². The minimum absolute atomic E-state index is 0.135. The highest BCUT2D eigenvalue weighted by Crippen LogP contribution is 2.24.